The van der Waals surface area contributed by atoms with Crippen molar-refractivity contribution < 1.29 is 21.6 Å². The summed E-state index contributed by atoms with van der Waals surface area (Å²) in [5, 5.41) is 8.41. The Bertz CT molecular complexity index is 1790. The van der Waals surface area contributed by atoms with Gasteiger partial charge in [-0.3, -0.25) is 0 Å². The molecular formula is C29H26F3N5O2S. The standard InChI is InChI=1S/C29H26F3N5O2S/c1-4-6-20-9-11-21(12-10-20)27-17-33-35-37(27)26-16-23(22-7-5-8-24(15-22)40(3,38)39)13-14-25(26)36-18-28(29(30,31)32)34-19(36)2/h5,7-18H,4,6H2,1-3H3. The summed E-state index contributed by atoms with van der Waals surface area (Å²) in [5.41, 5.74) is 3.77. The molecule has 0 N–H and O–H groups in total. The van der Waals surface area contributed by atoms with Crippen molar-refractivity contribution in [3.8, 4) is 33.8 Å². The van der Waals surface area contributed by atoms with Crippen LogP contribution in [-0.4, -0.2) is 39.2 Å². The topological polar surface area (TPSA) is 82.7 Å². The zero-order chi connectivity index (χ0) is 28.7. The molecule has 206 valence electrons. The van der Waals surface area contributed by atoms with Crippen LogP contribution in [-0.2, 0) is 22.4 Å². The zero-order valence-corrected chi connectivity index (χ0v) is 22.8. The van der Waals surface area contributed by atoms with Gasteiger partial charge in [0.25, 0.3) is 0 Å². The molecule has 0 saturated carbocycles. The van der Waals surface area contributed by atoms with E-state index in [1.807, 2.05) is 24.3 Å². The SMILES string of the molecule is CCCc1ccc(-c2cnnn2-c2cc(-c3cccc(S(C)(=O)=O)c3)ccc2-n2cc(C(F)(F)F)nc2C)cc1. The third kappa shape index (κ3) is 5.42. The number of nitrogens with zero attached hydrogens (tertiary/aromatic N) is 5. The molecule has 5 aromatic rings. The van der Waals surface area contributed by atoms with Crippen molar-refractivity contribution in [2.45, 2.75) is 37.8 Å². The van der Waals surface area contributed by atoms with Crippen LogP contribution in [0.4, 0.5) is 13.2 Å². The molecule has 3 aromatic carbocycles. The first-order valence-corrected chi connectivity index (χ1v) is 14.4. The van der Waals surface area contributed by atoms with Crippen LogP contribution >= 0.6 is 0 Å². The maximum absolute atomic E-state index is 13.5. The summed E-state index contributed by atoms with van der Waals surface area (Å²) >= 11 is 0. The van der Waals surface area contributed by atoms with E-state index < -0.39 is 21.7 Å². The largest absolute Gasteiger partial charge is 0.434 e. The van der Waals surface area contributed by atoms with Gasteiger partial charge in [-0.25, -0.2) is 18.1 Å². The minimum absolute atomic E-state index is 0.144. The Balaban J connectivity index is 1.71. The quantitative estimate of drug-likeness (QED) is 0.226. The Labute approximate surface area is 229 Å². The molecule has 0 aliphatic heterocycles. The smallest absolute Gasteiger partial charge is 0.301 e. The lowest BCUT2D eigenvalue weighted by Gasteiger charge is -2.16. The fourth-order valence-corrected chi connectivity index (χ4v) is 5.24. The maximum Gasteiger partial charge on any atom is 0.434 e. The number of halogens is 3. The molecule has 0 aliphatic carbocycles. The molecule has 0 fully saturated rings. The molecule has 0 aliphatic rings. The number of hydrogen-bond donors (Lipinski definition) is 0. The van der Waals surface area contributed by atoms with Gasteiger partial charge in [0.05, 0.1) is 28.2 Å². The summed E-state index contributed by atoms with van der Waals surface area (Å²) < 4.78 is 67.8. The van der Waals surface area contributed by atoms with Crippen molar-refractivity contribution in [1.82, 2.24) is 24.5 Å². The van der Waals surface area contributed by atoms with Crippen LogP contribution < -0.4 is 0 Å². The second kappa shape index (κ2) is 10.4. The van der Waals surface area contributed by atoms with Crippen LogP contribution in [0.5, 0.6) is 0 Å². The number of benzene rings is 3. The average molecular weight is 566 g/mol. The van der Waals surface area contributed by atoms with Gasteiger partial charge < -0.3 is 4.57 Å². The Morgan fingerprint density at radius 2 is 1.60 bits per heavy atom. The number of rotatable bonds is 7. The van der Waals surface area contributed by atoms with Crippen molar-refractivity contribution in [2.75, 3.05) is 6.26 Å². The summed E-state index contributed by atoms with van der Waals surface area (Å²) in [6.07, 6.45) is 1.03. The van der Waals surface area contributed by atoms with Gasteiger partial charge in [-0.2, -0.15) is 13.2 Å². The number of aromatic nitrogens is 5. The predicted octanol–water partition coefficient (Wildman–Crippen LogP) is 6.47. The van der Waals surface area contributed by atoms with E-state index in [9.17, 15) is 21.6 Å². The lowest BCUT2D eigenvalue weighted by molar-refractivity contribution is -0.141. The fourth-order valence-electron chi connectivity index (χ4n) is 4.58. The van der Waals surface area contributed by atoms with Gasteiger partial charge in [0, 0.05) is 18.0 Å². The van der Waals surface area contributed by atoms with Gasteiger partial charge in [0.2, 0.25) is 0 Å². The molecule has 0 amide bonds. The molecule has 40 heavy (non-hydrogen) atoms. The summed E-state index contributed by atoms with van der Waals surface area (Å²) in [5.74, 6) is 0.144. The highest BCUT2D eigenvalue weighted by molar-refractivity contribution is 7.90. The molecule has 2 heterocycles. The third-order valence-corrected chi connectivity index (χ3v) is 7.68. The number of aryl methyl sites for hydroxylation is 2. The van der Waals surface area contributed by atoms with Crippen molar-refractivity contribution in [1.29, 1.82) is 0 Å². The molecule has 5 rings (SSSR count). The first kappa shape index (κ1) is 27.3. The molecule has 0 unspecified atom stereocenters. The van der Waals surface area contributed by atoms with Gasteiger partial charge >= 0.3 is 6.18 Å². The van der Waals surface area contributed by atoms with Crippen LogP contribution in [0, 0.1) is 6.92 Å². The average Bonchev–Trinajstić information content (AvgIpc) is 3.56. The Kier molecular flexibility index (Phi) is 7.09. The van der Waals surface area contributed by atoms with E-state index in [4.69, 9.17) is 0 Å². The van der Waals surface area contributed by atoms with Crippen molar-refractivity contribution >= 4 is 9.84 Å². The second-order valence-corrected chi connectivity index (χ2v) is 11.5. The van der Waals surface area contributed by atoms with Crippen LogP contribution in [0.2, 0.25) is 0 Å². The Morgan fingerprint density at radius 1 is 0.900 bits per heavy atom. The molecule has 0 bridgehead atoms. The molecule has 0 atom stereocenters. The van der Waals surface area contributed by atoms with Gasteiger partial charge in [0.15, 0.2) is 15.5 Å². The highest BCUT2D eigenvalue weighted by Gasteiger charge is 2.34. The van der Waals surface area contributed by atoms with E-state index >= 15 is 0 Å². The van der Waals surface area contributed by atoms with Crippen molar-refractivity contribution in [2.24, 2.45) is 0 Å². The van der Waals surface area contributed by atoms with Crippen LogP contribution in [0.1, 0.15) is 30.4 Å². The van der Waals surface area contributed by atoms with Gasteiger partial charge in [0.1, 0.15) is 5.82 Å². The summed E-state index contributed by atoms with van der Waals surface area (Å²) in [6.45, 7) is 3.60. The molecule has 0 radical (unpaired) electrons. The number of alkyl halides is 3. The van der Waals surface area contributed by atoms with Crippen molar-refractivity contribution in [3.63, 3.8) is 0 Å². The number of sulfone groups is 1. The highest BCUT2D eigenvalue weighted by Crippen LogP contribution is 2.34. The minimum atomic E-state index is -4.61. The second-order valence-electron chi connectivity index (χ2n) is 9.52. The predicted molar refractivity (Wildman–Crippen MR) is 146 cm³/mol. The number of imidazole rings is 1. The zero-order valence-electron chi connectivity index (χ0n) is 22.0. The lowest BCUT2D eigenvalue weighted by Crippen LogP contribution is -2.07. The maximum atomic E-state index is 13.5. The summed E-state index contributed by atoms with van der Waals surface area (Å²) in [6, 6.07) is 19.6. The normalized spacial score (nSPS) is 12.2. The van der Waals surface area contributed by atoms with Gasteiger partial charge in [-0.1, -0.05) is 61.0 Å². The van der Waals surface area contributed by atoms with Crippen molar-refractivity contribution in [3.05, 3.63) is 96.2 Å². The Morgan fingerprint density at radius 3 is 2.25 bits per heavy atom. The highest BCUT2D eigenvalue weighted by atomic mass is 32.2. The first-order chi connectivity index (χ1) is 19.0. The third-order valence-electron chi connectivity index (χ3n) is 6.57. The molecule has 11 heteroatoms. The van der Waals surface area contributed by atoms with Gasteiger partial charge in [-0.15, -0.1) is 5.10 Å². The summed E-state index contributed by atoms with van der Waals surface area (Å²) in [7, 11) is -3.45. The molecular weight excluding hydrogens is 539 g/mol. The molecule has 2 aromatic heterocycles. The van der Waals surface area contributed by atoms with Gasteiger partial charge in [-0.05, 0) is 54.3 Å². The van der Waals surface area contributed by atoms with E-state index in [1.165, 1.54) is 23.1 Å². The van der Waals surface area contributed by atoms with E-state index in [1.54, 1.807) is 47.3 Å². The molecule has 0 saturated heterocycles. The van der Waals surface area contributed by atoms with E-state index in [-0.39, 0.29) is 10.7 Å². The number of hydrogen-bond acceptors (Lipinski definition) is 5. The molecule has 0 spiro atoms. The summed E-state index contributed by atoms with van der Waals surface area (Å²) in [4.78, 5) is 3.89. The monoisotopic (exact) mass is 565 g/mol. The van der Waals surface area contributed by atoms with Crippen LogP contribution in [0.3, 0.4) is 0 Å². The Hall–Kier alpha value is -4.25. The van der Waals surface area contributed by atoms with E-state index in [0.717, 1.165) is 30.9 Å². The first-order valence-electron chi connectivity index (χ1n) is 12.5. The molecule has 7 nitrogen and oxygen atoms in total. The van der Waals surface area contributed by atoms with Crippen LogP contribution in [0.25, 0.3) is 33.8 Å². The van der Waals surface area contributed by atoms with Crippen LogP contribution in [0.15, 0.2) is 84.0 Å². The minimum Gasteiger partial charge on any atom is -0.301 e. The lowest BCUT2D eigenvalue weighted by atomic mass is 10.0. The van der Waals surface area contributed by atoms with E-state index in [0.29, 0.717) is 28.2 Å². The fraction of sp³-hybridized carbons (Fsp3) is 0.207. The van der Waals surface area contributed by atoms with E-state index in [2.05, 4.69) is 22.2 Å².